The van der Waals surface area contributed by atoms with Gasteiger partial charge >= 0.3 is 0 Å². The van der Waals surface area contributed by atoms with Crippen molar-refractivity contribution in [3.63, 3.8) is 0 Å². The highest BCUT2D eigenvalue weighted by atomic mass is 35.5. The second-order valence-electron chi connectivity index (χ2n) is 6.19. The number of aromatic nitrogens is 4. The molecule has 0 saturated heterocycles. The van der Waals surface area contributed by atoms with Gasteiger partial charge in [-0.15, -0.1) is 0 Å². The molecule has 28 heavy (non-hydrogen) atoms. The molecular weight excluding hydrogens is 372 g/mol. The van der Waals surface area contributed by atoms with Gasteiger partial charge in [0.1, 0.15) is 12.0 Å². The molecule has 0 amide bonds. The molecule has 0 atom stereocenters. The second kappa shape index (κ2) is 6.87. The molecule has 3 heterocycles. The second-order valence-corrected chi connectivity index (χ2v) is 6.63. The van der Waals surface area contributed by atoms with Crippen LogP contribution in [-0.4, -0.2) is 19.9 Å². The zero-order valence-electron chi connectivity index (χ0n) is 14.6. The quantitative estimate of drug-likeness (QED) is 0.400. The van der Waals surface area contributed by atoms with Crippen LogP contribution in [0.3, 0.4) is 0 Å². The number of halogens is 1. The maximum Gasteiger partial charge on any atom is 0.230 e. The van der Waals surface area contributed by atoms with Crippen LogP contribution in [-0.2, 0) is 0 Å². The summed E-state index contributed by atoms with van der Waals surface area (Å²) in [7, 11) is 0. The van der Waals surface area contributed by atoms with Gasteiger partial charge in [0.25, 0.3) is 0 Å². The molecule has 0 unspecified atom stereocenters. The molecule has 0 aliphatic carbocycles. The lowest BCUT2D eigenvalue weighted by atomic mass is 10.1. The lowest BCUT2D eigenvalue weighted by Crippen LogP contribution is -1.96. The maximum atomic E-state index is 6.24. The third-order valence-corrected chi connectivity index (χ3v) is 4.60. The summed E-state index contributed by atoms with van der Waals surface area (Å²) in [6.45, 7) is 0. The highest BCUT2D eigenvalue weighted by Crippen LogP contribution is 2.35. The fourth-order valence-corrected chi connectivity index (χ4v) is 3.23. The van der Waals surface area contributed by atoms with Crippen molar-refractivity contribution in [3.8, 4) is 22.9 Å². The zero-order valence-corrected chi connectivity index (χ0v) is 15.3. The molecule has 5 rings (SSSR count). The first-order valence-corrected chi connectivity index (χ1v) is 9.05. The van der Waals surface area contributed by atoms with Crippen molar-refractivity contribution < 1.29 is 4.74 Å². The van der Waals surface area contributed by atoms with Gasteiger partial charge in [-0.3, -0.25) is 0 Å². The number of hydrogen-bond acceptors (Lipinski definition) is 5. The topological polar surface area (TPSA) is 60.8 Å². The lowest BCUT2D eigenvalue weighted by Gasteiger charge is -2.12. The molecule has 0 radical (unpaired) electrons. The Kier molecular flexibility index (Phi) is 4.07. The zero-order chi connectivity index (χ0) is 18.9. The van der Waals surface area contributed by atoms with Crippen molar-refractivity contribution in [2.75, 3.05) is 0 Å². The Labute approximate surface area is 165 Å². The first kappa shape index (κ1) is 16.6. The molecule has 5 aromatic rings. The Hall–Kier alpha value is -3.57. The van der Waals surface area contributed by atoms with E-state index >= 15 is 0 Å². The van der Waals surface area contributed by atoms with E-state index in [1.807, 2.05) is 54.6 Å². The van der Waals surface area contributed by atoms with Crippen LogP contribution in [0.2, 0.25) is 5.02 Å². The van der Waals surface area contributed by atoms with Gasteiger partial charge < -0.3 is 4.74 Å². The number of ether oxygens (including phenoxy) is 1. The summed E-state index contributed by atoms with van der Waals surface area (Å²) in [5, 5.41) is 2.21. The van der Waals surface area contributed by atoms with Crippen LogP contribution in [0.4, 0.5) is 0 Å². The van der Waals surface area contributed by atoms with Crippen molar-refractivity contribution in [1.29, 1.82) is 0 Å². The Morgan fingerprint density at radius 3 is 2.61 bits per heavy atom. The van der Waals surface area contributed by atoms with E-state index in [-0.39, 0.29) is 0 Å². The van der Waals surface area contributed by atoms with Gasteiger partial charge in [-0.1, -0.05) is 41.9 Å². The van der Waals surface area contributed by atoms with Crippen LogP contribution in [0.1, 0.15) is 0 Å². The molecule has 0 aliphatic rings. The lowest BCUT2D eigenvalue weighted by molar-refractivity contribution is 0.469. The number of hydrogen-bond donors (Lipinski definition) is 0. The highest BCUT2D eigenvalue weighted by Gasteiger charge is 2.14. The summed E-state index contributed by atoms with van der Waals surface area (Å²) in [6.07, 6.45) is 3.20. The predicted molar refractivity (Wildman–Crippen MR) is 110 cm³/mol. The van der Waals surface area contributed by atoms with Gasteiger partial charge in [-0.25, -0.2) is 19.9 Å². The Morgan fingerprint density at radius 1 is 0.821 bits per heavy atom. The molecule has 134 valence electrons. The fourth-order valence-electron chi connectivity index (χ4n) is 3.06. The third kappa shape index (κ3) is 3.02. The first-order chi connectivity index (χ1) is 13.8. The first-order valence-electron chi connectivity index (χ1n) is 8.67. The summed E-state index contributed by atoms with van der Waals surface area (Å²) in [6, 6.07) is 21.0. The molecule has 3 aromatic heterocycles. The van der Waals surface area contributed by atoms with Gasteiger partial charge in [0.05, 0.1) is 10.9 Å². The highest BCUT2D eigenvalue weighted by molar-refractivity contribution is 6.31. The van der Waals surface area contributed by atoms with Crippen LogP contribution in [0.15, 0.2) is 79.3 Å². The van der Waals surface area contributed by atoms with E-state index in [4.69, 9.17) is 21.3 Å². The molecular formula is C22H13ClN4O. The summed E-state index contributed by atoms with van der Waals surface area (Å²) >= 11 is 6.17. The van der Waals surface area contributed by atoms with Crippen LogP contribution in [0, 0.1) is 0 Å². The van der Waals surface area contributed by atoms with Gasteiger partial charge in [0.2, 0.25) is 5.88 Å². The van der Waals surface area contributed by atoms with Crippen LogP contribution < -0.4 is 4.74 Å². The maximum absolute atomic E-state index is 6.24. The van der Waals surface area contributed by atoms with Crippen molar-refractivity contribution >= 4 is 33.5 Å². The van der Waals surface area contributed by atoms with Gasteiger partial charge in [0.15, 0.2) is 11.4 Å². The van der Waals surface area contributed by atoms with Crippen molar-refractivity contribution in [3.05, 3.63) is 84.3 Å². The summed E-state index contributed by atoms with van der Waals surface area (Å²) in [4.78, 5) is 17.7. The molecule has 0 spiro atoms. The van der Waals surface area contributed by atoms with Crippen molar-refractivity contribution in [1.82, 2.24) is 19.9 Å². The molecule has 0 fully saturated rings. The summed E-state index contributed by atoms with van der Waals surface area (Å²) in [5.41, 5.74) is 3.04. The Balaban J connectivity index is 1.71. The minimum absolute atomic E-state index is 0.426. The van der Waals surface area contributed by atoms with E-state index in [0.29, 0.717) is 28.0 Å². The minimum atomic E-state index is 0.426. The number of fused-ring (bicyclic) bond motifs is 2. The van der Waals surface area contributed by atoms with E-state index in [1.165, 1.54) is 6.33 Å². The average Bonchev–Trinajstić information content (AvgIpc) is 2.74. The van der Waals surface area contributed by atoms with Crippen LogP contribution in [0.5, 0.6) is 11.6 Å². The van der Waals surface area contributed by atoms with E-state index in [0.717, 1.165) is 21.9 Å². The SMILES string of the molecule is Clc1ccc2ncnc(Oc3cc4cccnc4nc3-c3ccccc3)c2c1. The van der Waals surface area contributed by atoms with Crippen molar-refractivity contribution in [2.24, 2.45) is 0 Å². The number of benzene rings is 2. The monoisotopic (exact) mass is 384 g/mol. The third-order valence-electron chi connectivity index (χ3n) is 4.37. The van der Waals surface area contributed by atoms with E-state index in [2.05, 4.69) is 15.0 Å². The Bertz CT molecular complexity index is 1310. The molecule has 0 bridgehead atoms. The normalized spacial score (nSPS) is 11.0. The smallest absolute Gasteiger partial charge is 0.230 e. The standard InChI is InChI=1S/C22H13ClN4O/c23-16-8-9-18-17(12-16)22(26-13-25-18)28-19-11-15-7-4-10-24-21(15)27-20(19)14-5-2-1-3-6-14/h1-13H. The number of rotatable bonds is 3. The van der Waals surface area contributed by atoms with Gasteiger partial charge in [-0.2, -0.15) is 0 Å². The summed E-state index contributed by atoms with van der Waals surface area (Å²) in [5.74, 6) is 1.02. The molecule has 6 heteroatoms. The van der Waals surface area contributed by atoms with Gasteiger partial charge in [0, 0.05) is 22.2 Å². The largest absolute Gasteiger partial charge is 0.436 e. The van der Waals surface area contributed by atoms with Crippen LogP contribution in [0.25, 0.3) is 33.2 Å². The van der Waals surface area contributed by atoms with E-state index < -0.39 is 0 Å². The fraction of sp³-hybridized carbons (Fsp3) is 0. The van der Waals surface area contributed by atoms with Crippen molar-refractivity contribution in [2.45, 2.75) is 0 Å². The Morgan fingerprint density at radius 2 is 1.71 bits per heavy atom. The van der Waals surface area contributed by atoms with Crippen LogP contribution >= 0.6 is 11.6 Å². The molecule has 0 aliphatic heterocycles. The van der Waals surface area contributed by atoms with E-state index in [1.54, 1.807) is 18.3 Å². The molecule has 5 nitrogen and oxygen atoms in total. The molecule has 0 N–H and O–H groups in total. The predicted octanol–water partition coefficient (Wildman–Crippen LogP) is 5.69. The average molecular weight is 385 g/mol. The summed E-state index contributed by atoms with van der Waals surface area (Å²) < 4.78 is 6.24. The molecule has 0 saturated carbocycles. The number of nitrogens with zero attached hydrogens (tertiary/aromatic N) is 4. The van der Waals surface area contributed by atoms with E-state index in [9.17, 15) is 0 Å². The van der Waals surface area contributed by atoms with Gasteiger partial charge in [-0.05, 0) is 36.4 Å². The molecule has 2 aromatic carbocycles. The minimum Gasteiger partial charge on any atom is -0.436 e. The number of pyridine rings is 2.